The maximum atomic E-state index is 12.6. The highest BCUT2D eigenvalue weighted by Crippen LogP contribution is 2.37. The molecule has 0 aromatic heterocycles. The van der Waals surface area contributed by atoms with Crippen LogP contribution < -0.4 is 5.73 Å². The first-order valence-corrected chi connectivity index (χ1v) is 5.40. The number of alkyl halides is 2. The van der Waals surface area contributed by atoms with Gasteiger partial charge in [0.25, 0.3) is 6.43 Å². The predicted molar refractivity (Wildman–Crippen MR) is 51.3 cm³/mol. The molecule has 2 heterocycles. The first-order chi connectivity index (χ1) is 6.59. The van der Waals surface area contributed by atoms with Crippen LogP contribution in [0.2, 0.25) is 0 Å². The fourth-order valence-corrected chi connectivity index (χ4v) is 3.05. The van der Waals surface area contributed by atoms with Crippen molar-refractivity contribution in [3.8, 4) is 0 Å². The monoisotopic (exact) mass is 204 g/mol. The number of nitrogens with zero attached hydrogens (tertiary/aromatic N) is 1. The van der Waals surface area contributed by atoms with Gasteiger partial charge in [-0.2, -0.15) is 0 Å². The molecule has 2 saturated heterocycles. The Morgan fingerprint density at radius 2 is 1.71 bits per heavy atom. The standard InChI is InChI=1S/C10H18F2N2/c1-6(10(11)12)14-8-2-3-9(14)5-7(13)4-8/h6-10H,2-5,13H2,1H3. The normalized spacial score (nSPS) is 40.5. The Balaban J connectivity index is 2.07. The lowest BCUT2D eigenvalue weighted by Gasteiger charge is -2.41. The third-order valence-corrected chi connectivity index (χ3v) is 3.66. The van der Waals surface area contributed by atoms with E-state index < -0.39 is 12.5 Å². The quantitative estimate of drug-likeness (QED) is 0.740. The first kappa shape index (κ1) is 10.3. The van der Waals surface area contributed by atoms with Crippen LogP contribution in [-0.2, 0) is 0 Å². The number of hydrogen-bond donors (Lipinski definition) is 1. The van der Waals surface area contributed by atoms with Crippen molar-refractivity contribution < 1.29 is 8.78 Å². The first-order valence-electron chi connectivity index (χ1n) is 5.40. The molecule has 14 heavy (non-hydrogen) atoms. The minimum Gasteiger partial charge on any atom is -0.328 e. The minimum atomic E-state index is -2.23. The summed E-state index contributed by atoms with van der Waals surface area (Å²) in [6.07, 6.45) is 1.67. The fourth-order valence-electron chi connectivity index (χ4n) is 3.05. The summed E-state index contributed by atoms with van der Waals surface area (Å²) in [6, 6.07) is 0.258. The van der Waals surface area contributed by atoms with E-state index >= 15 is 0 Å². The van der Waals surface area contributed by atoms with Crippen molar-refractivity contribution in [2.45, 2.75) is 63.2 Å². The zero-order valence-electron chi connectivity index (χ0n) is 8.50. The van der Waals surface area contributed by atoms with Crippen LogP contribution in [0.25, 0.3) is 0 Å². The Bertz CT molecular complexity index is 196. The van der Waals surface area contributed by atoms with Gasteiger partial charge in [-0.1, -0.05) is 0 Å². The SMILES string of the molecule is CC(C(F)F)N1C2CCC1CC(N)C2. The molecule has 2 bridgehead atoms. The maximum Gasteiger partial charge on any atom is 0.253 e. The van der Waals surface area contributed by atoms with Crippen LogP contribution >= 0.6 is 0 Å². The molecule has 2 N–H and O–H groups in total. The molecule has 4 heteroatoms. The highest BCUT2D eigenvalue weighted by atomic mass is 19.3. The van der Waals surface area contributed by atoms with Crippen molar-refractivity contribution in [3.05, 3.63) is 0 Å². The number of fused-ring (bicyclic) bond motifs is 2. The van der Waals surface area contributed by atoms with Gasteiger partial charge in [0.1, 0.15) is 0 Å². The molecule has 0 radical (unpaired) electrons. The molecular formula is C10H18F2N2. The lowest BCUT2D eigenvalue weighted by Crippen LogP contribution is -2.53. The molecule has 2 fully saturated rings. The minimum absolute atomic E-state index is 0.230. The molecule has 2 aliphatic heterocycles. The second-order valence-electron chi connectivity index (χ2n) is 4.64. The summed E-state index contributed by atoms with van der Waals surface area (Å²) in [4.78, 5) is 2.01. The zero-order valence-corrected chi connectivity index (χ0v) is 8.50. The molecule has 0 aromatic rings. The molecular weight excluding hydrogens is 186 g/mol. The van der Waals surface area contributed by atoms with Crippen LogP contribution in [0.15, 0.2) is 0 Å². The summed E-state index contributed by atoms with van der Waals surface area (Å²) in [5, 5.41) is 0. The molecule has 0 saturated carbocycles. The van der Waals surface area contributed by atoms with E-state index in [-0.39, 0.29) is 6.04 Å². The Hall–Kier alpha value is -0.220. The third-order valence-electron chi connectivity index (χ3n) is 3.66. The van der Waals surface area contributed by atoms with Gasteiger partial charge in [-0.05, 0) is 32.6 Å². The Morgan fingerprint density at radius 3 is 2.14 bits per heavy atom. The summed E-state index contributed by atoms with van der Waals surface area (Å²) in [5.41, 5.74) is 5.88. The van der Waals surface area contributed by atoms with E-state index in [0.29, 0.717) is 12.1 Å². The molecule has 3 unspecified atom stereocenters. The van der Waals surface area contributed by atoms with Gasteiger partial charge in [-0.25, -0.2) is 8.78 Å². The average molecular weight is 204 g/mol. The molecule has 0 aromatic carbocycles. The number of halogens is 2. The highest BCUT2D eigenvalue weighted by Gasteiger charge is 2.43. The van der Waals surface area contributed by atoms with Gasteiger partial charge >= 0.3 is 0 Å². The van der Waals surface area contributed by atoms with E-state index in [0.717, 1.165) is 25.7 Å². The highest BCUT2D eigenvalue weighted by molar-refractivity contribution is 4.98. The topological polar surface area (TPSA) is 29.3 Å². The molecule has 0 spiro atoms. The summed E-state index contributed by atoms with van der Waals surface area (Å²) >= 11 is 0. The Labute approximate surface area is 83.4 Å². The van der Waals surface area contributed by atoms with Gasteiger partial charge in [-0.3, -0.25) is 4.90 Å². The van der Waals surface area contributed by atoms with Crippen molar-refractivity contribution in [2.75, 3.05) is 0 Å². The van der Waals surface area contributed by atoms with E-state index in [1.54, 1.807) is 6.92 Å². The summed E-state index contributed by atoms with van der Waals surface area (Å²) < 4.78 is 25.2. The summed E-state index contributed by atoms with van der Waals surface area (Å²) in [6.45, 7) is 1.63. The van der Waals surface area contributed by atoms with E-state index in [9.17, 15) is 8.78 Å². The zero-order chi connectivity index (χ0) is 10.3. The van der Waals surface area contributed by atoms with E-state index in [4.69, 9.17) is 5.73 Å². The number of rotatable bonds is 2. The molecule has 2 nitrogen and oxygen atoms in total. The second kappa shape index (κ2) is 3.74. The second-order valence-corrected chi connectivity index (χ2v) is 4.64. The van der Waals surface area contributed by atoms with E-state index in [1.165, 1.54) is 0 Å². The fraction of sp³-hybridized carbons (Fsp3) is 1.00. The Kier molecular flexibility index (Phi) is 2.75. The number of nitrogens with two attached hydrogens (primary N) is 1. The van der Waals surface area contributed by atoms with Crippen LogP contribution in [0.5, 0.6) is 0 Å². The van der Waals surface area contributed by atoms with Crippen LogP contribution in [0.4, 0.5) is 8.78 Å². The van der Waals surface area contributed by atoms with E-state index in [2.05, 4.69) is 0 Å². The Morgan fingerprint density at radius 1 is 1.21 bits per heavy atom. The van der Waals surface area contributed by atoms with Gasteiger partial charge in [-0.15, -0.1) is 0 Å². The lowest BCUT2D eigenvalue weighted by molar-refractivity contribution is -0.0104. The molecule has 0 aliphatic carbocycles. The van der Waals surface area contributed by atoms with Crippen molar-refractivity contribution in [2.24, 2.45) is 5.73 Å². The smallest absolute Gasteiger partial charge is 0.253 e. The van der Waals surface area contributed by atoms with Gasteiger partial charge in [0.05, 0.1) is 6.04 Å². The van der Waals surface area contributed by atoms with Gasteiger partial charge in [0, 0.05) is 18.1 Å². The number of hydrogen-bond acceptors (Lipinski definition) is 2. The molecule has 3 atom stereocenters. The lowest BCUT2D eigenvalue weighted by atomic mass is 9.96. The molecule has 82 valence electrons. The van der Waals surface area contributed by atoms with Crippen LogP contribution in [0.1, 0.15) is 32.6 Å². The van der Waals surface area contributed by atoms with Crippen LogP contribution in [0, 0.1) is 0 Å². The molecule has 2 rings (SSSR count). The van der Waals surface area contributed by atoms with E-state index in [1.807, 2.05) is 4.90 Å². The molecule has 2 aliphatic rings. The van der Waals surface area contributed by atoms with Gasteiger partial charge in [0.15, 0.2) is 0 Å². The third kappa shape index (κ3) is 1.65. The predicted octanol–water partition coefficient (Wildman–Crippen LogP) is 1.59. The maximum absolute atomic E-state index is 12.6. The van der Waals surface area contributed by atoms with Gasteiger partial charge < -0.3 is 5.73 Å². The van der Waals surface area contributed by atoms with Crippen molar-refractivity contribution >= 4 is 0 Å². The van der Waals surface area contributed by atoms with Crippen molar-refractivity contribution in [1.82, 2.24) is 4.90 Å². The molecule has 0 amide bonds. The van der Waals surface area contributed by atoms with Crippen LogP contribution in [0.3, 0.4) is 0 Å². The summed E-state index contributed by atoms with van der Waals surface area (Å²) in [7, 11) is 0. The number of piperidine rings is 1. The largest absolute Gasteiger partial charge is 0.328 e. The average Bonchev–Trinajstić information content (AvgIpc) is 2.37. The van der Waals surface area contributed by atoms with Crippen LogP contribution in [-0.4, -0.2) is 35.5 Å². The van der Waals surface area contributed by atoms with Crippen molar-refractivity contribution in [1.29, 1.82) is 0 Å². The van der Waals surface area contributed by atoms with Gasteiger partial charge in [0.2, 0.25) is 0 Å². The van der Waals surface area contributed by atoms with Crippen molar-refractivity contribution in [3.63, 3.8) is 0 Å². The summed E-state index contributed by atoms with van der Waals surface area (Å²) in [5.74, 6) is 0.